The Balaban J connectivity index is 1.86. The molecule has 0 aromatic heterocycles. The van der Waals surface area contributed by atoms with Gasteiger partial charge in [0.05, 0.1) is 5.60 Å². The lowest BCUT2D eigenvalue weighted by Gasteiger charge is -2.39. The molecule has 20 heavy (non-hydrogen) atoms. The summed E-state index contributed by atoms with van der Waals surface area (Å²) in [5, 5.41) is 10.5. The molecule has 1 saturated heterocycles. The first-order chi connectivity index (χ1) is 9.30. The van der Waals surface area contributed by atoms with Gasteiger partial charge in [-0.05, 0) is 25.3 Å². The van der Waals surface area contributed by atoms with Crippen LogP contribution in [-0.4, -0.2) is 54.7 Å². The number of nitrogens with zero attached hydrogens (tertiary/aromatic N) is 1. The summed E-state index contributed by atoms with van der Waals surface area (Å²) in [5.41, 5.74) is -0.366. The molecule has 2 rings (SSSR count). The third-order valence-corrected chi connectivity index (χ3v) is 4.82. The van der Waals surface area contributed by atoms with Gasteiger partial charge in [-0.15, -0.1) is 0 Å². The molecule has 0 radical (unpaired) electrons. The zero-order valence-corrected chi connectivity index (χ0v) is 13.2. The van der Waals surface area contributed by atoms with Crippen molar-refractivity contribution in [1.29, 1.82) is 0 Å². The van der Waals surface area contributed by atoms with Gasteiger partial charge in [0.1, 0.15) is 5.78 Å². The normalized spacial score (nSPS) is 29.6. The van der Waals surface area contributed by atoms with Gasteiger partial charge in [-0.25, -0.2) is 0 Å². The SMILES string of the molecule is CN(CC1CC(C)(C)CCC1=O)CC1(O)CCOCC1. The zero-order chi connectivity index (χ0) is 14.8. The summed E-state index contributed by atoms with van der Waals surface area (Å²) in [7, 11) is 2.02. The van der Waals surface area contributed by atoms with E-state index in [2.05, 4.69) is 18.7 Å². The van der Waals surface area contributed by atoms with Crippen molar-refractivity contribution in [3.8, 4) is 0 Å². The van der Waals surface area contributed by atoms with E-state index in [9.17, 15) is 9.90 Å². The van der Waals surface area contributed by atoms with Gasteiger partial charge in [-0.1, -0.05) is 13.8 Å². The Labute approximate surface area is 122 Å². The molecule has 4 nitrogen and oxygen atoms in total. The topological polar surface area (TPSA) is 49.8 Å². The second kappa shape index (κ2) is 6.12. The predicted molar refractivity (Wildman–Crippen MR) is 78.6 cm³/mol. The van der Waals surface area contributed by atoms with Crippen LogP contribution in [0.15, 0.2) is 0 Å². The fourth-order valence-electron chi connectivity index (χ4n) is 3.57. The van der Waals surface area contributed by atoms with Crippen LogP contribution in [0.3, 0.4) is 0 Å². The van der Waals surface area contributed by atoms with Gasteiger partial charge < -0.3 is 14.7 Å². The zero-order valence-electron chi connectivity index (χ0n) is 13.2. The van der Waals surface area contributed by atoms with E-state index in [1.165, 1.54) is 0 Å². The van der Waals surface area contributed by atoms with Crippen LogP contribution in [0.4, 0.5) is 0 Å². The van der Waals surface area contributed by atoms with E-state index < -0.39 is 5.60 Å². The molecule has 1 saturated carbocycles. The molecule has 2 aliphatic rings. The number of carbonyl (C=O) groups is 1. The molecule has 0 bridgehead atoms. The molecule has 4 heteroatoms. The first-order valence-corrected chi connectivity index (χ1v) is 7.81. The quantitative estimate of drug-likeness (QED) is 0.855. The first-order valence-electron chi connectivity index (χ1n) is 7.81. The second-order valence-corrected chi connectivity index (χ2v) is 7.57. The maximum Gasteiger partial charge on any atom is 0.137 e. The van der Waals surface area contributed by atoms with Crippen LogP contribution >= 0.6 is 0 Å². The van der Waals surface area contributed by atoms with Crippen molar-refractivity contribution in [3.63, 3.8) is 0 Å². The predicted octanol–water partition coefficient (Wildman–Crippen LogP) is 1.86. The number of Topliss-reactive ketones (excluding diaryl/α,β-unsaturated/α-hetero) is 1. The molecule has 1 aliphatic carbocycles. The van der Waals surface area contributed by atoms with Crippen LogP contribution in [0.5, 0.6) is 0 Å². The summed E-state index contributed by atoms with van der Waals surface area (Å²) in [4.78, 5) is 14.2. The molecule has 1 N–H and O–H groups in total. The molecule has 1 atom stereocenters. The lowest BCUT2D eigenvalue weighted by atomic mass is 9.71. The van der Waals surface area contributed by atoms with Gasteiger partial charge in [0.25, 0.3) is 0 Å². The lowest BCUT2D eigenvalue weighted by Crippen LogP contribution is -2.48. The Kier molecular flexibility index (Phi) is 4.88. The van der Waals surface area contributed by atoms with Gasteiger partial charge >= 0.3 is 0 Å². The first kappa shape index (κ1) is 15.9. The number of likely N-dealkylation sites (N-methyl/N-ethyl adjacent to an activating group) is 1. The summed E-state index contributed by atoms with van der Waals surface area (Å²) in [6, 6.07) is 0. The van der Waals surface area contributed by atoms with Crippen LogP contribution in [0, 0.1) is 11.3 Å². The average Bonchev–Trinajstić information content (AvgIpc) is 2.34. The summed E-state index contributed by atoms with van der Waals surface area (Å²) >= 11 is 0. The molecule has 2 fully saturated rings. The van der Waals surface area contributed by atoms with E-state index in [0.29, 0.717) is 44.8 Å². The molecule has 116 valence electrons. The van der Waals surface area contributed by atoms with Gasteiger partial charge in [-0.3, -0.25) is 4.79 Å². The smallest absolute Gasteiger partial charge is 0.137 e. The molecule has 0 aromatic carbocycles. The van der Waals surface area contributed by atoms with E-state index in [1.54, 1.807) is 0 Å². The van der Waals surface area contributed by atoms with Crippen molar-refractivity contribution < 1.29 is 14.6 Å². The largest absolute Gasteiger partial charge is 0.388 e. The van der Waals surface area contributed by atoms with Crippen molar-refractivity contribution in [3.05, 3.63) is 0 Å². The summed E-state index contributed by atoms with van der Waals surface area (Å²) in [6.45, 7) is 7.18. The Morgan fingerprint density at radius 3 is 2.60 bits per heavy atom. The molecule has 0 amide bonds. The fourth-order valence-corrected chi connectivity index (χ4v) is 3.57. The molecular formula is C16H29NO3. The number of ketones is 1. The van der Waals surface area contributed by atoms with Crippen LogP contribution in [0.25, 0.3) is 0 Å². The highest BCUT2D eigenvalue weighted by Crippen LogP contribution is 2.37. The maximum atomic E-state index is 12.1. The number of hydrogen-bond donors (Lipinski definition) is 1. The van der Waals surface area contributed by atoms with Gasteiger partial charge in [0.2, 0.25) is 0 Å². The van der Waals surface area contributed by atoms with Crippen molar-refractivity contribution in [2.45, 2.75) is 51.6 Å². The van der Waals surface area contributed by atoms with Crippen LogP contribution in [0.2, 0.25) is 0 Å². The number of ether oxygens (including phenoxy) is 1. The van der Waals surface area contributed by atoms with E-state index in [1.807, 2.05) is 7.05 Å². The maximum absolute atomic E-state index is 12.1. The van der Waals surface area contributed by atoms with Crippen LogP contribution in [0.1, 0.15) is 46.0 Å². The molecule has 1 aliphatic heterocycles. The van der Waals surface area contributed by atoms with E-state index in [4.69, 9.17) is 4.74 Å². The minimum Gasteiger partial charge on any atom is -0.388 e. The fraction of sp³-hybridized carbons (Fsp3) is 0.938. The molecular weight excluding hydrogens is 254 g/mol. The summed E-state index contributed by atoms with van der Waals surface area (Å²) in [5.74, 6) is 0.530. The van der Waals surface area contributed by atoms with Gasteiger partial charge in [-0.2, -0.15) is 0 Å². The minimum atomic E-state index is -0.639. The number of carbonyl (C=O) groups excluding carboxylic acids is 1. The second-order valence-electron chi connectivity index (χ2n) is 7.57. The molecule has 0 aromatic rings. The van der Waals surface area contributed by atoms with Gasteiger partial charge in [0.15, 0.2) is 0 Å². The highest BCUT2D eigenvalue weighted by atomic mass is 16.5. The number of aliphatic hydroxyl groups is 1. The van der Waals surface area contributed by atoms with E-state index in [-0.39, 0.29) is 11.3 Å². The van der Waals surface area contributed by atoms with Gasteiger partial charge in [0, 0.05) is 51.5 Å². The molecule has 1 unspecified atom stereocenters. The van der Waals surface area contributed by atoms with Crippen LogP contribution < -0.4 is 0 Å². The molecule has 0 spiro atoms. The standard InChI is InChI=1S/C16H29NO3/c1-15(2)5-4-14(18)13(10-15)11-17(3)12-16(19)6-8-20-9-7-16/h13,19H,4-12H2,1-3H3. The Morgan fingerprint density at radius 1 is 1.30 bits per heavy atom. The Morgan fingerprint density at radius 2 is 1.95 bits per heavy atom. The highest BCUT2D eigenvalue weighted by molar-refractivity contribution is 5.82. The third kappa shape index (κ3) is 4.27. The lowest BCUT2D eigenvalue weighted by molar-refractivity contribution is -0.128. The van der Waals surface area contributed by atoms with Crippen molar-refractivity contribution in [2.24, 2.45) is 11.3 Å². The number of rotatable bonds is 4. The van der Waals surface area contributed by atoms with Crippen molar-refractivity contribution in [2.75, 3.05) is 33.4 Å². The third-order valence-electron chi connectivity index (χ3n) is 4.82. The van der Waals surface area contributed by atoms with Crippen molar-refractivity contribution >= 4 is 5.78 Å². The summed E-state index contributed by atoms with van der Waals surface area (Å²) in [6.07, 6.45) is 4.08. The molecule has 1 heterocycles. The minimum absolute atomic E-state index is 0.132. The monoisotopic (exact) mass is 283 g/mol. The van der Waals surface area contributed by atoms with E-state index >= 15 is 0 Å². The average molecular weight is 283 g/mol. The van der Waals surface area contributed by atoms with E-state index in [0.717, 1.165) is 19.4 Å². The van der Waals surface area contributed by atoms with Crippen molar-refractivity contribution in [1.82, 2.24) is 4.90 Å². The Bertz CT molecular complexity index is 348. The van der Waals surface area contributed by atoms with Crippen LogP contribution in [-0.2, 0) is 9.53 Å². The Hall–Kier alpha value is -0.450. The number of hydrogen-bond acceptors (Lipinski definition) is 4. The highest BCUT2D eigenvalue weighted by Gasteiger charge is 2.36. The summed E-state index contributed by atoms with van der Waals surface area (Å²) < 4.78 is 5.31.